The van der Waals surface area contributed by atoms with E-state index < -0.39 is 0 Å². The van der Waals surface area contributed by atoms with Crippen LogP contribution < -0.4 is 10.6 Å². The summed E-state index contributed by atoms with van der Waals surface area (Å²) in [6, 6.07) is 10.2. The molecule has 7 nitrogen and oxygen atoms in total. The summed E-state index contributed by atoms with van der Waals surface area (Å²) in [5.74, 6) is 0.785. The summed E-state index contributed by atoms with van der Waals surface area (Å²) in [5.41, 5.74) is 2.23. The Bertz CT molecular complexity index is 617. The third-order valence-electron chi connectivity index (χ3n) is 3.58. The Hall–Kier alpha value is -1.65. The molecule has 0 atom stereocenters. The minimum atomic E-state index is 0. The van der Waals surface area contributed by atoms with Crippen molar-refractivity contribution in [2.75, 3.05) is 40.5 Å². The first kappa shape index (κ1) is 22.4. The highest BCUT2D eigenvalue weighted by molar-refractivity contribution is 14.0. The van der Waals surface area contributed by atoms with Gasteiger partial charge in [0.1, 0.15) is 0 Å². The zero-order valence-corrected chi connectivity index (χ0v) is 17.7. The number of methoxy groups -OCH3 is 1. The van der Waals surface area contributed by atoms with Crippen LogP contribution in [-0.4, -0.2) is 56.3 Å². The molecule has 144 valence electrons. The Labute approximate surface area is 172 Å². The number of halogens is 1. The number of nitrogens with one attached hydrogen (secondary N) is 2. The summed E-state index contributed by atoms with van der Waals surface area (Å²) in [6.45, 7) is 3.50. The lowest BCUT2D eigenvalue weighted by Gasteiger charge is -2.12. The van der Waals surface area contributed by atoms with E-state index in [0.29, 0.717) is 26.4 Å². The van der Waals surface area contributed by atoms with Crippen LogP contribution in [0.3, 0.4) is 0 Å². The molecule has 2 aromatic rings. The first-order valence-electron chi connectivity index (χ1n) is 8.43. The van der Waals surface area contributed by atoms with Crippen LogP contribution in [0.2, 0.25) is 0 Å². The van der Waals surface area contributed by atoms with E-state index in [1.807, 2.05) is 16.9 Å². The van der Waals surface area contributed by atoms with E-state index in [1.165, 1.54) is 5.56 Å². The molecular formula is C18H28IN5O2. The largest absolute Gasteiger partial charge is 0.382 e. The van der Waals surface area contributed by atoms with Gasteiger partial charge in [0.25, 0.3) is 0 Å². The Morgan fingerprint density at radius 1 is 1.15 bits per heavy atom. The molecule has 0 bridgehead atoms. The zero-order chi connectivity index (χ0) is 17.7. The third kappa shape index (κ3) is 8.15. The lowest BCUT2D eigenvalue weighted by atomic mass is 10.2. The van der Waals surface area contributed by atoms with Gasteiger partial charge in [-0.05, 0) is 30.2 Å². The van der Waals surface area contributed by atoms with Gasteiger partial charge in [0.15, 0.2) is 5.96 Å². The molecular weight excluding hydrogens is 445 g/mol. The maximum absolute atomic E-state index is 5.43. The summed E-state index contributed by atoms with van der Waals surface area (Å²) >= 11 is 0. The topological polar surface area (TPSA) is 72.7 Å². The molecule has 0 saturated carbocycles. The van der Waals surface area contributed by atoms with Crippen LogP contribution in [0.4, 0.5) is 0 Å². The summed E-state index contributed by atoms with van der Waals surface area (Å²) in [7, 11) is 3.44. The second kappa shape index (κ2) is 13.5. The van der Waals surface area contributed by atoms with Crippen LogP contribution in [0.15, 0.2) is 47.7 Å². The molecule has 8 heteroatoms. The fraction of sp³-hybridized carbons (Fsp3) is 0.444. The van der Waals surface area contributed by atoms with Crippen LogP contribution in [0, 0.1) is 0 Å². The van der Waals surface area contributed by atoms with E-state index in [0.717, 1.165) is 24.6 Å². The molecule has 0 amide bonds. The van der Waals surface area contributed by atoms with Crippen LogP contribution in [0.1, 0.15) is 12.0 Å². The van der Waals surface area contributed by atoms with Crippen LogP contribution in [0.25, 0.3) is 5.69 Å². The maximum Gasteiger partial charge on any atom is 0.191 e. The maximum atomic E-state index is 5.43. The molecule has 0 aliphatic heterocycles. The number of benzene rings is 1. The molecule has 2 N–H and O–H groups in total. The van der Waals surface area contributed by atoms with Gasteiger partial charge in [0.05, 0.1) is 18.9 Å². The number of aliphatic imine (C=N–C) groups is 1. The van der Waals surface area contributed by atoms with Crippen molar-refractivity contribution in [3.63, 3.8) is 0 Å². The fourth-order valence-corrected chi connectivity index (χ4v) is 2.22. The Morgan fingerprint density at radius 3 is 2.62 bits per heavy atom. The standard InChI is InChI=1S/C18H27N5O2.HI/c1-19-18(20-9-4-12-25-14-13-24-2)21-15-16-5-7-17(8-6-16)23-11-3-10-22-23;/h3,5-8,10-11H,4,9,12-15H2,1-2H3,(H2,19,20,21);1H. The predicted octanol–water partition coefficient (Wildman–Crippen LogP) is 2.21. The minimum absolute atomic E-state index is 0. The van der Waals surface area contributed by atoms with Crippen molar-refractivity contribution in [1.82, 2.24) is 20.4 Å². The molecule has 0 radical (unpaired) electrons. The van der Waals surface area contributed by atoms with Gasteiger partial charge in [0.2, 0.25) is 0 Å². The van der Waals surface area contributed by atoms with Crippen molar-refractivity contribution < 1.29 is 9.47 Å². The highest BCUT2D eigenvalue weighted by Gasteiger charge is 2.00. The van der Waals surface area contributed by atoms with Crippen molar-refractivity contribution in [2.45, 2.75) is 13.0 Å². The fourth-order valence-electron chi connectivity index (χ4n) is 2.22. The van der Waals surface area contributed by atoms with Gasteiger partial charge < -0.3 is 20.1 Å². The minimum Gasteiger partial charge on any atom is -0.382 e. The average molecular weight is 473 g/mol. The SMILES string of the molecule is CN=C(NCCCOCCOC)NCc1ccc(-n2cccn2)cc1.I. The van der Waals surface area contributed by atoms with Crippen molar-refractivity contribution in [3.05, 3.63) is 48.3 Å². The molecule has 0 fully saturated rings. The number of guanidine groups is 1. The summed E-state index contributed by atoms with van der Waals surface area (Å²) in [4.78, 5) is 4.23. The number of ether oxygens (including phenoxy) is 2. The van der Waals surface area contributed by atoms with E-state index in [9.17, 15) is 0 Å². The first-order chi connectivity index (χ1) is 12.3. The second-order valence-corrected chi connectivity index (χ2v) is 5.43. The van der Waals surface area contributed by atoms with Gasteiger partial charge in [-0.3, -0.25) is 4.99 Å². The van der Waals surface area contributed by atoms with Gasteiger partial charge in [-0.2, -0.15) is 5.10 Å². The normalized spacial score (nSPS) is 11.1. The lowest BCUT2D eigenvalue weighted by Crippen LogP contribution is -2.37. The van der Waals surface area contributed by atoms with Gasteiger partial charge in [-0.15, -0.1) is 24.0 Å². The van der Waals surface area contributed by atoms with E-state index in [-0.39, 0.29) is 24.0 Å². The van der Waals surface area contributed by atoms with Crippen molar-refractivity contribution in [1.29, 1.82) is 0 Å². The molecule has 0 unspecified atom stereocenters. The number of aromatic nitrogens is 2. The summed E-state index contributed by atoms with van der Waals surface area (Å²) in [6.07, 6.45) is 4.62. The van der Waals surface area contributed by atoms with E-state index in [1.54, 1.807) is 20.4 Å². The Balaban J connectivity index is 0.00000338. The molecule has 0 aliphatic rings. The van der Waals surface area contributed by atoms with E-state index in [2.05, 4.69) is 45.0 Å². The number of hydrogen-bond donors (Lipinski definition) is 2. The zero-order valence-electron chi connectivity index (χ0n) is 15.4. The predicted molar refractivity (Wildman–Crippen MR) is 114 cm³/mol. The van der Waals surface area contributed by atoms with Crippen LogP contribution in [-0.2, 0) is 16.0 Å². The smallest absolute Gasteiger partial charge is 0.191 e. The van der Waals surface area contributed by atoms with Gasteiger partial charge in [-0.25, -0.2) is 4.68 Å². The second-order valence-electron chi connectivity index (χ2n) is 5.43. The molecule has 1 heterocycles. The number of nitrogens with zero attached hydrogens (tertiary/aromatic N) is 3. The summed E-state index contributed by atoms with van der Waals surface area (Å²) in [5, 5.41) is 10.8. The lowest BCUT2D eigenvalue weighted by molar-refractivity contribution is 0.0698. The highest BCUT2D eigenvalue weighted by atomic mass is 127. The number of hydrogen-bond acceptors (Lipinski definition) is 4. The molecule has 0 aliphatic carbocycles. The van der Waals surface area contributed by atoms with Crippen LogP contribution >= 0.6 is 24.0 Å². The third-order valence-corrected chi connectivity index (χ3v) is 3.58. The van der Waals surface area contributed by atoms with Gasteiger partial charge in [0, 0.05) is 46.2 Å². The van der Waals surface area contributed by atoms with E-state index in [4.69, 9.17) is 9.47 Å². The molecule has 0 saturated heterocycles. The van der Waals surface area contributed by atoms with Crippen LogP contribution in [0.5, 0.6) is 0 Å². The highest BCUT2D eigenvalue weighted by Crippen LogP contribution is 2.08. The van der Waals surface area contributed by atoms with Gasteiger partial charge in [-0.1, -0.05) is 12.1 Å². The molecule has 26 heavy (non-hydrogen) atoms. The monoisotopic (exact) mass is 473 g/mol. The van der Waals surface area contributed by atoms with Crippen molar-refractivity contribution >= 4 is 29.9 Å². The Morgan fingerprint density at radius 2 is 1.96 bits per heavy atom. The molecule has 0 spiro atoms. The number of rotatable bonds is 10. The quantitative estimate of drug-likeness (QED) is 0.240. The van der Waals surface area contributed by atoms with Crippen molar-refractivity contribution in [3.8, 4) is 5.69 Å². The molecule has 2 rings (SSSR count). The Kier molecular flexibility index (Phi) is 11.7. The van der Waals surface area contributed by atoms with Crippen molar-refractivity contribution in [2.24, 2.45) is 4.99 Å². The van der Waals surface area contributed by atoms with E-state index >= 15 is 0 Å². The molecule has 1 aromatic carbocycles. The summed E-state index contributed by atoms with van der Waals surface area (Å²) < 4.78 is 12.2. The average Bonchev–Trinajstić information content (AvgIpc) is 3.18. The van der Waals surface area contributed by atoms with Gasteiger partial charge >= 0.3 is 0 Å². The molecule has 1 aromatic heterocycles. The first-order valence-corrected chi connectivity index (χ1v) is 8.43.